The van der Waals surface area contributed by atoms with Crippen LogP contribution in [0.4, 0.5) is 0 Å². The lowest BCUT2D eigenvalue weighted by Gasteiger charge is -2.34. The van der Waals surface area contributed by atoms with E-state index in [-0.39, 0.29) is 37.3 Å². The maximum atomic E-state index is 12.7. The molecule has 1 heterocycles. The molecule has 1 aromatic rings. The predicted octanol–water partition coefficient (Wildman–Crippen LogP) is 2.37. The number of hydrogen-bond acceptors (Lipinski definition) is 4. The van der Waals surface area contributed by atoms with Gasteiger partial charge in [0.25, 0.3) is 0 Å². The van der Waals surface area contributed by atoms with Gasteiger partial charge in [0.15, 0.2) is 0 Å². The quantitative estimate of drug-likeness (QED) is 0.759. The summed E-state index contributed by atoms with van der Waals surface area (Å²) in [6.45, 7) is 6.13. The summed E-state index contributed by atoms with van der Waals surface area (Å²) < 4.78 is 5.22. The third-order valence-corrected chi connectivity index (χ3v) is 4.39. The van der Waals surface area contributed by atoms with E-state index in [1.54, 1.807) is 13.8 Å². The maximum absolute atomic E-state index is 12.7. The van der Waals surface area contributed by atoms with Crippen molar-refractivity contribution in [1.82, 2.24) is 10.2 Å². The van der Waals surface area contributed by atoms with Crippen molar-refractivity contribution in [2.75, 3.05) is 19.7 Å². The van der Waals surface area contributed by atoms with E-state index in [9.17, 15) is 14.4 Å². The molecule has 6 nitrogen and oxygen atoms in total. The minimum absolute atomic E-state index is 0.0882. The summed E-state index contributed by atoms with van der Waals surface area (Å²) in [6.07, 6.45) is 0.954. The second-order valence-electron chi connectivity index (χ2n) is 6.22. The van der Waals surface area contributed by atoms with Gasteiger partial charge in [0.05, 0.1) is 12.2 Å². The van der Waals surface area contributed by atoms with Gasteiger partial charge in [-0.15, -0.1) is 0 Å². The fourth-order valence-corrected chi connectivity index (χ4v) is 3.11. The van der Waals surface area contributed by atoms with Crippen molar-refractivity contribution in [2.24, 2.45) is 0 Å². The van der Waals surface area contributed by atoms with Crippen molar-refractivity contribution in [3.63, 3.8) is 0 Å². The highest BCUT2D eigenvalue weighted by Crippen LogP contribution is 2.36. The molecule has 2 amide bonds. The van der Waals surface area contributed by atoms with Gasteiger partial charge in [0, 0.05) is 24.6 Å². The zero-order chi connectivity index (χ0) is 19.1. The summed E-state index contributed by atoms with van der Waals surface area (Å²) in [5.74, 6) is -1.21. The normalized spacial score (nSPS) is 17.3. The predicted molar refractivity (Wildman–Crippen MR) is 98.1 cm³/mol. The van der Waals surface area contributed by atoms with Gasteiger partial charge in [-0.1, -0.05) is 37.3 Å². The summed E-state index contributed by atoms with van der Waals surface area (Å²) in [5.41, 5.74) is 1.82. The first-order chi connectivity index (χ1) is 12.5. The molecular formula is C20H26N2O4. The zero-order valence-electron chi connectivity index (χ0n) is 15.6. The number of nitrogens with zero attached hydrogens (tertiary/aromatic N) is 1. The lowest BCUT2D eigenvalue weighted by molar-refractivity contribution is -0.141. The van der Waals surface area contributed by atoms with Crippen molar-refractivity contribution in [3.05, 3.63) is 47.2 Å². The van der Waals surface area contributed by atoms with Crippen LogP contribution in [0.3, 0.4) is 0 Å². The van der Waals surface area contributed by atoms with E-state index in [0.717, 1.165) is 12.0 Å². The molecule has 1 aromatic carbocycles. The lowest BCUT2D eigenvalue weighted by atomic mass is 9.83. The van der Waals surface area contributed by atoms with Crippen LogP contribution in [0.5, 0.6) is 0 Å². The van der Waals surface area contributed by atoms with E-state index in [1.165, 1.54) is 4.90 Å². The zero-order valence-corrected chi connectivity index (χ0v) is 15.6. The van der Waals surface area contributed by atoms with Gasteiger partial charge in [0.2, 0.25) is 11.8 Å². The average molecular weight is 358 g/mol. The Labute approximate surface area is 154 Å². The molecule has 0 radical (unpaired) electrons. The van der Waals surface area contributed by atoms with Gasteiger partial charge in [-0.05, 0) is 25.8 Å². The highest BCUT2D eigenvalue weighted by atomic mass is 16.5. The molecule has 1 N–H and O–H groups in total. The largest absolute Gasteiger partial charge is 0.463 e. The molecule has 0 aromatic heterocycles. The average Bonchev–Trinajstić information content (AvgIpc) is 2.63. The molecule has 0 spiro atoms. The van der Waals surface area contributed by atoms with Crippen LogP contribution in [0.15, 0.2) is 41.6 Å². The second-order valence-corrected chi connectivity index (χ2v) is 6.22. The van der Waals surface area contributed by atoms with Gasteiger partial charge < -0.3 is 15.0 Å². The molecule has 1 unspecified atom stereocenters. The van der Waals surface area contributed by atoms with Crippen LogP contribution < -0.4 is 5.32 Å². The first kappa shape index (κ1) is 19.7. The lowest BCUT2D eigenvalue weighted by Crippen LogP contribution is -2.44. The van der Waals surface area contributed by atoms with Crippen LogP contribution in [-0.4, -0.2) is 42.4 Å². The van der Waals surface area contributed by atoms with Crippen molar-refractivity contribution in [3.8, 4) is 0 Å². The molecule has 6 heteroatoms. The molecule has 0 fully saturated rings. The monoisotopic (exact) mass is 358 g/mol. The smallest absolute Gasteiger partial charge is 0.336 e. The van der Waals surface area contributed by atoms with Crippen LogP contribution >= 0.6 is 0 Å². The first-order valence-corrected chi connectivity index (χ1v) is 8.99. The summed E-state index contributed by atoms with van der Waals surface area (Å²) in [6, 6.07) is 9.44. The molecule has 1 aliphatic heterocycles. The molecular weight excluding hydrogens is 332 g/mol. The Balaban J connectivity index is 2.37. The Morgan fingerprint density at radius 3 is 2.54 bits per heavy atom. The number of carbonyl (C=O) groups is 3. The molecule has 140 valence electrons. The third-order valence-electron chi connectivity index (χ3n) is 4.39. The second kappa shape index (κ2) is 9.17. The van der Waals surface area contributed by atoms with Crippen LogP contribution in [0.25, 0.3) is 0 Å². The van der Waals surface area contributed by atoms with E-state index >= 15 is 0 Å². The number of ether oxygens (including phenoxy) is 1. The fraction of sp³-hybridized carbons (Fsp3) is 0.450. The number of rotatable bonds is 7. The van der Waals surface area contributed by atoms with Crippen LogP contribution in [0, 0.1) is 0 Å². The number of nitrogens with one attached hydrogen (secondary N) is 1. The number of benzene rings is 1. The number of carbonyl (C=O) groups excluding carboxylic acids is 3. The van der Waals surface area contributed by atoms with Crippen LogP contribution in [0.1, 0.15) is 45.1 Å². The highest BCUT2D eigenvalue weighted by molar-refractivity contribution is 5.97. The summed E-state index contributed by atoms with van der Waals surface area (Å²) in [7, 11) is 0. The maximum Gasteiger partial charge on any atom is 0.336 e. The summed E-state index contributed by atoms with van der Waals surface area (Å²) in [4.78, 5) is 38.7. The summed E-state index contributed by atoms with van der Waals surface area (Å²) in [5, 5.41) is 2.76. The van der Waals surface area contributed by atoms with E-state index in [4.69, 9.17) is 4.74 Å². The number of amides is 2. The minimum atomic E-state index is -0.440. The Hall–Kier alpha value is -2.63. The Morgan fingerprint density at radius 2 is 1.92 bits per heavy atom. The first-order valence-electron chi connectivity index (χ1n) is 8.99. The van der Waals surface area contributed by atoms with Crippen LogP contribution in [0.2, 0.25) is 0 Å². The number of esters is 1. The Bertz CT molecular complexity index is 697. The standard InChI is InChI=1S/C20H26N2O4/c1-4-11-21-17(23)13-22-14(3)19(20(25)26-5-2)16(12-18(22)24)15-9-7-6-8-10-15/h6-10,16H,4-5,11-13H2,1-3H3,(H,21,23). The SMILES string of the molecule is CCCNC(=O)CN1C(=O)CC(c2ccccc2)C(C(=O)OCC)=C1C. The molecule has 26 heavy (non-hydrogen) atoms. The minimum Gasteiger partial charge on any atom is -0.463 e. The van der Waals surface area contributed by atoms with E-state index in [2.05, 4.69) is 5.32 Å². The van der Waals surface area contributed by atoms with E-state index < -0.39 is 5.97 Å². The van der Waals surface area contributed by atoms with Crippen molar-refractivity contribution in [2.45, 2.75) is 39.5 Å². The number of hydrogen-bond donors (Lipinski definition) is 1. The Morgan fingerprint density at radius 1 is 1.23 bits per heavy atom. The van der Waals surface area contributed by atoms with E-state index in [1.807, 2.05) is 37.3 Å². The van der Waals surface area contributed by atoms with Gasteiger partial charge in [-0.25, -0.2) is 4.79 Å². The molecule has 0 aliphatic carbocycles. The van der Waals surface area contributed by atoms with E-state index in [0.29, 0.717) is 17.8 Å². The molecule has 0 saturated carbocycles. The fourth-order valence-electron chi connectivity index (χ4n) is 3.11. The summed E-state index contributed by atoms with van der Waals surface area (Å²) >= 11 is 0. The molecule has 0 bridgehead atoms. The molecule has 2 rings (SSSR count). The van der Waals surface area contributed by atoms with Crippen LogP contribution in [-0.2, 0) is 19.1 Å². The van der Waals surface area contributed by atoms with Gasteiger partial charge in [-0.3, -0.25) is 9.59 Å². The van der Waals surface area contributed by atoms with Crippen molar-refractivity contribution >= 4 is 17.8 Å². The molecule has 1 atom stereocenters. The van der Waals surface area contributed by atoms with Gasteiger partial charge in [0.1, 0.15) is 6.54 Å². The topological polar surface area (TPSA) is 75.7 Å². The van der Waals surface area contributed by atoms with Gasteiger partial charge in [-0.2, -0.15) is 0 Å². The number of allylic oxidation sites excluding steroid dienone is 1. The molecule has 1 aliphatic rings. The highest BCUT2D eigenvalue weighted by Gasteiger charge is 2.37. The third kappa shape index (κ3) is 4.50. The Kier molecular flexibility index (Phi) is 6.95. The van der Waals surface area contributed by atoms with Gasteiger partial charge >= 0.3 is 5.97 Å². The van der Waals surface area contributed by atoms with Crippen molar-refractivity contribution in [1.29, 1.82) is 0 Å². The molecule has 0 saturated heterocycles. The van der Waals surface area contributed by atoms with Crippen molar-refractivity contribution < 1.29 is 19.1 Å².